The molecular formula is C22H14FN5O. The van der Waals surface area contributed by atoms with Crippen molar-refractivity contribution in [3.05, 3.63) is 96.0 Å². The first-order chi connectivity index (χ1) is 14.2. The summed E-state index contributed by atoms with van der Waals surface area (Å²) in [6, 6.07) is 18.5. The minimum absolute atomic E-state index is 0.319. The van der Waals surface area contributed by atoms with E-state index in [-0.39, 0.29) is 0 Å². The molecule has 7 heteroatoms. The molecule has 0 atom stereocenters. The second kappa shape index (κ2) is 5.51. The second-order valence-corrected chi connectivity index (χ2v) is 6.96. The molecule has 0 saturated heterocycles. The predicted octanol–water partition coefficient (Wildman–Crippen LogP) is 3.66. The number of fused-ring (bicyclic) bond motifs is 6. The highest BCUT2D eigenvalue weighted by Gasteiger charge is 2.50. The number of imidazole rings is 1. The van der Waals surface area contributed by atoms with E-state index in [4.69, 9.17) is 20.4 Å². The second-order valence-electron chi connectivity index (χ2n) is 6.96. The van der Waals surface area contributed by atoms with Gasteiger partial charge in [-0.25, -0.2) is 15.0 Å². The Kier molecular flexibility index (Phi) is 3.04. The van der Waals surface area contributed by atoms with Crippen LogP contribution < -0.4 is 10.5 Å². The molecular weight excluding hydrogens is 369 g/mol. The molecule has 0 amide bonds. The summed E-state index contributed by atoms with van der Waals surface area (Å²) in [4.78, 5) is 13.3. The van der Waals surface area contributed by atoms with E-state index in [1.807, 2.05) is 48.5 Å². The zero-order valence-corrected chi connectivity index (χ0v) is 15.1. The molecule has 6 rings (SSSR count). The van der Waals surface area contributed by atoms with Gasteiger partial charge >= 0.3 is 0 Å². The van der Waals surface area contributed by atoms with E-state index in [2.05, 4.69) is 4.98 Å². The summed E-state index contributed by atoms with van der Waals surface area (Å²) in [6.07, 6.45) is 3.19. The number of rotatable bonds is 1. The van der Waals surface area contributed by atoms with Crippen LogP contribution in [-0.2, 0) is 5.54 Å². The monoisotopic (exact) mass is 383 g/mol. The molecule has 0 saturated carbocycles. The van der Waals surface area contributed by atoms with Crippen LogP contribution in [0.15, 0.2) is 78.0 Å². The van der Waals surface area contributed by atoms with E-state index < -0.39 is 11.5 Å². The van der Waals surface area contributed by atoms with E-state index in [0.29, 0.717) is 34.5 Å². The van der Waals surface area contributed by atoms with E-state index in [1.165, 1.54) is 12.3 Å². The Morgan fingerprint density at radius 3 is 2.34 bits per heavy atom. The quantitative estimate of drug-likeness (QED) is 0.509. The highest BCUT2D eigenvalue weighted by Crippen LogP contribution is 2.53. The van der Waals surface area contributed by atoms with Crippen molar-refractivity contribution >= 4 is 5.96 Å². The average Bonchev–Trinajstić information content (AvgIpc) is 3.29. The van der Waals surface area contributed by atoms with Gasteiger partial charge in [0, 0.05) is 35.2 Å². The number of nitrogens with zero attached hydrogens (tertiary/aromatic N) is 4. The Morgan fingerprint density at radius 1 is 0.966 bits per heavy atom. The highest BCUT2D eigenvalue weighted by atomic mass is 19.1. The summed E-state index contributed by atoms with van der Waals surface area (Å²) in [5, 5.41) is 0. The number of aromatic nitrogens is 3. The molecule has 1 spiro atoms. The van der Waals surface area contributed by atoms with Gasteiger partial charge in [-0.05, 0) is 18.2 Å². The molecule has 140 valence electrons. The maximum Gasteiger partial charge on any atom is 0.213 e. The fraction of sp³-hybridized carbons (Fsp3) is 0.0455. The number of ether oxygens (including phenoxy) is 1. The Bertz CT molecular complexity index is 1280. The number of halogens is 1. The van der Waals surface area contributed by atoms with Crippen molar-refractivity contribution in [3.63, 3.8) is 0 Å². The molecule has 2 aliphatic rings. The highest BCUT2D eigenvalue weighted by molar-refractivity contribution is 5.88. The largest absolute Gasteiger partial charge is 0.457 e. The molecule has 4 aromatic rings. The maximum atomic E-state index is 13.7. The number of hydrogen-bond donors (Lipinski definition) is 1. The molecule has 2 aromatic heterocycles. The van der Waals surface area contributed by atoms with Gasteiger partial charge < -0.3 is 10.5 Å². The van der Waals surface area contributed by atoms with Crippen molar-refractivity contribution in [2.45, 2.75) is 5.54 Å². The van der Waals surface area contributed by atoms with Crippen molar-refractivity contribution in [2.75, 3.05) is 0 Å². The van der Waals surface area contributed by atoms with Crippen LogP contribution in [0.25, 0.3) is 11.3 Å². The van der Waals surface area contributed by atoms with Crippen molar-refractivity contribution in [3.8, 4) is 22.8 Å². The summed E-state index contributed by atoms with van der Waals surface area (Å²) in [6.45, 7) is 0. The van der Waals surface area contributed by atoms with Crippen LogP contribution in [0.3, 0.4) is 0 Å². The van der Waals surface area contributed by atoms with Gasteiger partial charge in [0.1, 0.15) is 11.5 Å². The van der Waals surface area contributed by atoms with Crippen LogP contribution in [0.1, 0.15) is 17.0 Å². The minimum Gasteiger partial charge on any atom is -0.457 e. The third kappa shape index (κ3) is 2.07. The fourth-order valence-corrected chi connectivity index (χ4v) is 4.12. The molecule has 2 aromatic carbocycles. The summed E-state index contributed by atoms with van der Waals surface area (Å²) in [5.74, 6) is 1.81. The fourth-order valence-electron chi connectivity index (χ4n) is 4.12. The summed E-state index contributed by atoms with van der Waals surface area (Å²) in [5.41, 5.74) is 8.34. The molecule has 2 aliphatic heterocycles. The Hall–Kier alpha value is -4.00. The van der Waals surface area contributed by atoms with Gasteiger partial charge in [-0.2, -0.15) is 4.39 Å². The first kappa shape index (κ1) is 16.0. The molecule has 6 nitrogen and oxygen atoms in total. The van der Waals surface area contributed by atoms with Crippen molar-refractivity contribution in [2.24, 2.45) is 10.7 Å². The molecule has 4 heterocycles. The van der Waals surface area contributed by atoms with E-state index in [9.17, 15) is 4.39 Å². The summed E-state index contributed by atoms with van der Waals surface area (Å²) >= 11 is 0. The first-order valence-electron chi connectivity index (χ1n) is 9.11. The number of aliphatic imine (C=N–C) groups is 1. The first-order valence-corrected chi connectivity index (χ1v) is 9.11. The molecule has 2 N–H and O–H groups in total. The number of nitrogens with two attached hydrogens (primary N) is 1. The van der Waals surface area contributed by atoms with Crippen LogP contribution in [0.2, 0.25) is 0 Å². The average molecular weight is 383 g/mol. The van der Waals surface area contributed by atoms with Gasteiger partial charge in [0.15, 0.2) is 11.4 Å². The lowest BCUT2D eigenvalue weighted by molar-refractivity contribution is 0.419. The number of benzene rings is 2. The molecule has 0 aliphatic carbocycles. The molecule has 0 bridgehead atoms. The zero-order chi connectivity index (χ0) is 19.6. The van der Waals surface area contributed by atoms with Gasteiger partial charge in [-0.3, -0.25) is 4.57 Å². The SMILES string of the molecule is NC1=NC2(c3ccccc3Oc3ccccc32)c2nc(-c3ccnc(F)c3)cn21. The minimum atomic E-state index is -0.931. The van der Waals surface area contributed by atoms with Crippen LogP contribution in [0, 0.1) is 5.95 Å². The zero-order valence-electron chi connectivity index (χ0n) is 15.1. The van der Waals surface area contributed by atoms with Gasteiger partial charge in [-0.1, -0.05) is 36.4 Å². The number of para-hydroxylation sites is 2. The van der Waals surface area contributed by atoms with E-state index in [0.717, 1.165) is 11.1 Å². The van der Waals surface area contributed by atoms with Crippen LogP contribution in [-0.4, -0.2) is 20.5 Å². The molecule has 0 fully saturated rings. The third-order valence-corrected chi connectivity index (χ3v) is 5.35. The molecule has 0 radical (unpaired) electrons. The van der Waals surface area contributed by atoms with Crippen LogP contribution >= 0.6 is 0 Å². The van der Waals surface area contributed by atoms with Gasteiger partial charge in [0.25, 0.3) is 0 Å². The Balaban J connectivity index is 1.66. The predicted molar refractivity (Wildman–Crippen MR) is 105 cm³/mol. The van der Waals surface area contributed by atoms with Gasteiger partial charge in [0.05, 0.1) is 5.69 Å². The lowest BCUT2D eigenvalue weighted by Crippen LogP contribution is -2.30. The lowest BCUT2D eigenvalue weighted by Gasteiger charge is -2.33. The smallest absolute Gasteiger partial charge is 0.213 e. The van der Waals surface area contributed by atoms with Crippen LogP contribution in [0.4, 0.5) is 4.39 Å². The Labute approximate surface area is 165 Å². The summed E-state index contributed by atoms with van der Waals surface area (Å²) < 4.78 is 21.5. The number of hydrogen-bond acceptors (Lipinski definition) is 5. The van der Waals surface area contributed by atoms with Crippen molar-refractivity contribution < 1.29 is 9.13 Å². The van der Waals surface area contributed by atoms with Gasteiger partial charge in [0.2, 0.25) is 11.9 Å². The lowest BCUT2D eigenvalue weighted by atomic mass is 9.80. The molecule has 0 unspecified atom stereocenters. The summed E-state index contributed by atoms with van der Waals surface area (Å²) in [7, 11) is 0. The van der Waals surface area contributed by atoms with Crippen LogP contribution in [0.5, 0.6) is 11.5 Å². The van der Waals surface area contributed by atoms with Gasteiger partial charge in [-0.15, -0.1) is 0 Å². The van der Waals surface area contributed by atoms with Crippen molar-refractivity contribution in [1.82, 2.24) is 14.5 Å². The third-order valence-electron chi connectivity index (χ3n) is 5.35. The topological polar surface area (TPSA) is 78.3 Å². The molecule has 29 heavy (non-hydrogen) atoms. The number of pyridine rings is 1. The standard InChI is InChI=1S/C22H14FN5O/c23-19-11-13(9-10-25-19)16-12-28-20(26-16)22(27-21(28)24)14-5-1-3-7-17(14)29-18-8-4-2-6-15(18)22/h1-12H,(H2,24,27). The van der Waals surface area contributed by atoms with E-state index >= 15 is 0 Å². The van der Waals surface area contributed by atoms with E-state index in [1.54, 1.807) is 16.8 Å². The Morgan fingerprint density at radius 2 is 1.66 bits per heavy atom. The normalized spacial score (nSPS) is 15.3. The van der Waals surface area contributed by atoms with Crippen molar-refractivity contribution in [1.29, 1.82) is 0 Å². The maximum absolute atomic E-state index is 13.7.